The van der Waals surface area contributed by atoms with Crippen LogP contribution in [0.1, 0.15) is 43.5 Å². The molecule has 244 valence electrons. The van der Waals surface area contributed by atoms with Crippen molar-refractivity contribution in [3.8, 4) is 0 Å². The number of hydrogen-bond donors (Lipinski definition) is 6. The molecule has 0 bridgehead atoms. The quantitative estimate of drug-likeness (QED) is 0.111. The van der Waals surface area contributed by atoms with Crippen molar-refractivity contribution in [1.82, 2.24) is 25.9 Å². The van der Waals surface area contributed by atoms with Crippen LogP contribution in [-0.4, -0.2) is 68.9 Å². The van der Waals surface area contributed by atoms with Crippen LogP contribution in [0.5, 0.6) is 0 Å². The van der Waals surface area contributed by atoms with Gasteiger partial charge in [-0.05, 0) is 40.7 Å². The van der Waals surface area contributed by atoms with Gasteiger partial charge in [0.05, 0.1) is 18.5 Å². The van der Waals surface area contributed by atoms with Crippen molar-refractivity contribution in [2.45, 2.75) is 70.4 Å². The minimum Gasteiger partial charge on any atom is -0.445 e. The van der Waals surface area contributed by atoms with Crippen LogP contribution < -0.4 is 16.0 Å². The number of rotatable bonds is 16. The standard InChI is InChI=1S/C35H43N5O6/c1-23(2)17-29(32(42)15-16-41)38-34(44)31(19-27-20-36-22-37-27)39-33(43)30(40-35(45)46-21-24-9-4-3-5-10-24)18-26-13-8-12-25-11-6-7-14-28(25)26/h3-14,20,22-23,29-32,41-42H,15-19,21H2,1-2H3,(H,36,37)(H,38,44)(H,39,43)(H,40,45)/t29-,30-,31-,32-/m0/s1. The molecule has 3 aromatic carbocycles. The van der Waals surface area contributed by atoms with Crippen molar-refractivity contribution in [3.05, 3.63) is 102 Å². The molecule has 0 saturated heterocycles. The summed E-state index contributed by atoms with van der Waals surface area (Å²) in [6.07, 6.45) is 2.08. The summed E-state index contributed by atoms with van der Waals surface area (Å²) >= 11 is 0. The number of H-pyrrole nitrogens is 1. The lowest BCUT2D eigenvalue weighted by Gasteiger charge is -2.28. The maximum atomic E-state index is 14.0. The first-order chi connectivity index (χ1) is 22.2. The summed E-state index contributed by atoms with van der Waals surface area (Å²) in [5, 5.41) is 30.4. The molecule has 0 radical (unpaired) electrons. The summed E-state index contributed by atoms with van der Waals surface area (Å²) < 4.78 is 5.44. The summed E-state index contributed by atoms with van der Waals surface area (Å²) in [5.41, 5.74) is 2.24. The van der Waals surface area contributed by atoms with Crippen molar-refractivity contribution in [1.29, 1.82) is 0 Å². The number of hydrogen-bond acceptors (Lipinski definition) is 7. The Morgan fingerprint density at radius 2 is 1.57 bits per heavy atom. The van der Waals surface area contributed by atoms with Gasteiger partial charge in [0.15, 0.2) is 0 Å². The molecule has 3 amide bonds. The Morgan fingerprint density at radius 3 is 2.28 bits per heavy atom. The number of carbonyl (C=O) groups is 3. The van der Waals surface area contributed by atoms with Gasteiger partial charge in [0.2, 0.25) is 11.8 Å². The highest BCUT2D eigenvalue weighted by Gasteiger charge is 2.31. The average Bonchev–Trinajstić information content (AvgIpc) is 3.56. The fourth-order valence-electron chi connectivity index (χ4n) is 5.34. The van der Waals surface area contributed by atoms with E-state index in [2.05, 4.69) is 25.9 Å². The van der Waals surface area contributed by atoms with Gasteiger partial charge in [-0.15, -0.1) is 0 Å². The van der Waals surface area contributed by atoms with Gasteiger partial charge in [-0.25, -0.2) is 9.78 Å². The van der Waals surface area contributed by atoms with E-state index in [1.165, 1.54) is 6.33 Å². The first kappa shape index (κ1) is 34.1. The summed E-state index contributed by atoms with van der Waals surface area (Å²) in [6.45, 7) is 3.72. The fourth-order valence-corrected chi connectivity index (χ4v) is 5.34. The number of alkyl carbamates (subject to hydrolysis) is 1. The van der Waals surface area contributed by atoms with E-state index in [-0.39, 0.29) is 38.4 Å². The predicted octanol–water partition coefficient (Wildman–Crippen LogP) is 3.40. The van der Waals surface area contributed by atoms with Crippen LogP contribution in [0.15, 0.2) is 85.3 Å². The van der Waals surface area contributed by atoms with Crippen molar-refractivity contribution < 1.29 is 29.3 Å². The van der Waals surface area contributed by atoms with Crippen LogP contribution in [-0.2, 0) is 33.8 Å². The van der Waals surface area contributed by atoms with Crippen molar-refractivity contribution in [2.75, 3.05) is 6.61 Å². The van der Waals surface area contributed by atoms with Crippen LogP contribution in [0, 0.1) is 5.92 Å². The molecule has 4 rings (SSSR count). The highest BCUT2D eigenvalue weighted by molar-refractivity contribution is 5.93. The third kappa shape index (κ3) is 10.1. The first-order valence-electron chi connectivity index (χ1n) is 15.5. The molecule has 0 aliphatic heterocycles. The molecule has 0 aliphatic rings. The number of ether oxygens (including phenoxy) is 1. The molecular weight excluding hydrogens is 586 g/mol. The zero-order valence-corrected chi connectivity index (χ0v) is 26.2. The largest absolute Gasteiger partial charge is 0.445 e. The van der Waals surface area contributed by atoms with Gasteiger partial charge in [-0.3, -0.25) is 9.59 Å². The zero-order valence-electron chi connectivity index (χ0n) is 26.2. The molecular formula is C35H43N5O6. The maximum absolute atomic E-state index is 14.0. The van der Waals surface area contributed by atoms with Crippen LogP contribution in [0.3, 0.4) is 0 Å². The second kappa shape index (κ2) is 17.1. The molecule has 0 aliphatic carbocycles. The van der Waals surface area contributed by atoms with Crippen molar-refractivity contribution >= 4 is 28.7 Å². The summed E-state index contributed by atoms with van der Waals surface area (Å²) in [5.74, 6) is -0.947. The lowest BCUT2D eigenvalue weighted by atomic mass is 9.96. The Bertz CT molecular complexity index is 1540. The highest BCUT2D eigenvalue weighted by Crippen LogP contribution is 2.20. The fraction of sp³-hybridized carbons (Fsp3) is 0.371. The minimum atomic E-state index is -1.09. The van der Waals surface area contributed by atoms with E-state index in [1.54, 1.807) is 6.20 Å². The van der Waals surface area contributed by atoms with E-state index < -0.39 is 42.1 Å². The Kier molecular flexibility index (Phi) is 12.7. The normalized spacial score (nSPS) is 13.8. The molecule has 0 spiro atoms. The predicted molar refractivity (Wildman–Crippen MR) is 175 cm³/mol. The SMILES string of the molecule is CC(C)C[C@H](NC(=O)[C@H](Cc1cnc[nH]1)NC(=O)[C@H](Cc1cccc2ccccc12)NC(=O)OCc1ccccc1)[C@@H](O)CCO. The Morgan fingerprint density at radius 1 is 0.870 bits per heavy atom. The number of imidazole rings is 1. The van der Waals surface area contributed by atoms with Gasteiger partial charge >= 0.3 is 6.09 Å². The number of aromatic amines is 1. The second-order valence-corrected chi connectivity index (χ2v) is 11.8. The van der Waals surface area contributed by atoms with Gasteiger partial charge in [0.1, 0.15) is 18.7 Å². The van der Waals surface area contributed by atoms with Gasteiger partial charge in [-0.2, -0.15) is 0 Å². The number of aromatic nitrogens is 2. The molecule has 6 N–H and O–H groups in total. The Hall–Kier alpha value is -4.74. The van der Waals surface area contributed by atoms with Crippen LogP contribution in [0.4, 0.5) is 4.79 Å². The molecule has 0 unspecified atom stereocenters. The molecule has 46 heavy (non-hydrogen) atoms. The highest BCUT2D eigenvalue weighted by atomic mass is 16.5. The number of nitrogens with one attached hydrogen (secondary N) is 4. The molecule has 11 heteroatoms. The van der Waals surface area contributed by atoms with Gasteiger partial charge in [0.25, 0.3) is 0 Å². The molecule has 1 heterocycles. The third-order valence-electron chi connectivity index (χ3n) is 7.68. The molecule has 0 fully saturated rings. The van der Waals surface area contributed by atoms with Crippen LogP contribution in [0.25, 0.3) is 10.8 Å². The number of aliphatic hydroxyl groups excluding tert-OH is 2. The molecule has 1 aromatic heterocycles. The van der Waals surface area contributed by atoms with Crippen LogP contribution in [0.2, 0.25) is 0 Å². The van der Waals surface area contributed by atoms with Gasteiger partial charge in [-0.1, -0.05) is 86.6 Å². The van der Waals surface area contributed by atoms with E-state index in [1.807, 2.05) is 86.6 Å². The second-order valence-electron chi connectivity index (χ2n) is 11.8. The lowest BCUT2D eigenvalue weighted by Crippen LogP contribution is -2.57. The molecule has 11 nitrogen and oxygen atoms in total. The Labute approximate surface area is 268 Å². The smallest absolute Gasteiger partial charge is 0.408 e. The van der Waals surface area contributed by atoms with E-state index in [0.717, 1.165) is 21.9 Å². The number of benzene rings is 3. The monoisotopic (exact) mass is 629 g/mol. The zero-order chi connectivity index (χ0) is 32.9. The maximum Gasteiger partial charge on any atom is 0.408 e. The summed E-state index contributed by atoms with van der Waals surface area (Å²) in [6, 6.07) is 19.9. The number of aliphatic hydroxyl groups is 2. The van der Waals surface area contributed by atoms with Gasteiger partial charge in [0, 0.05) is 31.3 Å². The minimum absolute atomic E-state index is 0.0214. The van der Waals surface area contributed by atoms with Crippen molar-refractivity contribution in [3.63, 3.8) is 0 Å². The van der Waals surface area contributed by atoms with E-state index >= 15 is 0 Å². The van der Waals surface area contributed by atoms with E-state index in [0.29, 0.717) is 12.1 Å². The number of carbonyl (C=O) groups excluding carboxylic acids is 3. The topological polar surface area (TPSA) is 166 Å². The molecule has 4 atom stereocenters. The van der Waals surface area contributed by atoms with Crippen molar-refractivity contribution in [2.24, 2.45) is 5.92 Å². The summed E-state index contributed by atoms with van der Waals surface area (Å²) in [4.78, 5) is 47.6. The first-order valence-corrected chi connectivity index (χ1v) is 15.5. The molecule has 4 aromatic rings. The number of amides is 3. The Balaban J connectivity index is 1.57. The average molecular weight is 630 g/mol. The third-order valence-corrected chi connectivity index (χ3v) is 7.68. The van der Waals surface area contributed by atoms with Gasteiger partial charge < -0.3 is 35.9 Å². The van der Waals surface area contributed by atoms with E-state index in [4.69, 9.17) is 4.74 Å². The van der Waals surface area contributed by atoms with Crippen LogP contribution >= 0.6 is 0 Å². The van der Waals surface area contributed by atoms with E-state index in [9.17, 15) is 24.6 Å². The lowest BCUT2D eigenvalue weighted by molar-refractivity contribution is -0.131. The molecule has 0 saturated carbocycles. The summed E-state index contributed by atoms with van der Waals surface area (Å²) in [7, 11) is 0. The number of fused-ring (bicyclic) bond motifs is 1. The number of nitrogens with zero attached hydrogens (tertiary/aromatic N) is 1.